The first-order chi connectivity index (χ1) is 6.25. The Bertz CT molecular complexity index is 161. The van der Waals surface area contributed by atoms with Crippen molar-refractivity contribution in [1.82, 2.24) is 4.90 Å². The minimum absolute atomic E-state index is 0.349. The number of rotatable bonds is 4. The van der Waals surface area contributed by atoms with Gasteiger partial charge in [0.2, 0.25) is 5.91 Å². The van der Waals surface area contributed by atoms with Gasteiger partial charge >= 0.3 is 0 Å². The molecule has 0 aromatic rings. The van der Waals surface area contributed by atoms with Crippen LogP contribution >= 0.6 is 0 Å². The number of carbonyl (C=O) groups excluding carboxylic acids is 1. The molecule has 2 heteroatoms. The number of unbranched alkanes of at least 4 members (excludes halogenated alkanes) is 1. The highest BCUT2D eigenvalue weighted by Gasteiger charge is 2.24. The molecule has 1 aliphatic rings. The van der Waals surface area contributed by atoms with Gasteiger partial charge in [-0.2, -0.15) is 0 Å². The molecule has 1 rings (SSSR count). The Kier molecular flexibility index (Phi) is 4.26. The van der Waals surface area contributed by atoms with Crippen molar-refractivity contribution in [2.75, 3.05) is 13.6 Å². The molecule has 1 saturated carbocycles. The van der Waals surface area contributed by atoms with Crippen molar-refractivity contribution in [3.05, 3.63) is 0 Å². The van der Waals surface area contributed by atoms with Crippen molar-refractivity contribution in [2.24, 2.45) is 5.92 Å². The SMILES string of the molecule is CCCCN(C)C(=O)C1CCCC1. The Morgan fingerprint density at radius 2 is 2.00 bits per heavy atom. The standard InChI is InChI=1S/C11H21NO/c1-3-4-9-12(2)11(13)10-7-5-6-8-10/h10H,3-9H2,1-2H3. The average Bonchev–Trinajstić information content (AvgIpc) is 2.65. The summed E-state index contributed by atoms with van der Waals surface area (Å²) in [5.41, 5.74) is 0. The molecular formula is C11H21NO. The molecule has 13 heavy (non-hydrogen) atoms. The van der Waals surface area contributed by atoms with Gasteiger partial charge in [0.05, 0.1) is 0 Å². The molecule has 1 fully saturated rings. The smallest absolute Gasteiger partial charge is 0.225 e. The van der Waals surface area contributed by atoms with E-state index in [4.69, 9.17) is 0 Å². The lowest BCUT2D eigenvalue weighted by molar-refractivity contribution is -0.134. The third-order valence-electron chi connectivity index (χ3n) is 2.93. The Morgan fingerprint density at radius 3 is 2.54 bits per heavy atom. The molecule has 0 saturated heterocycles. The Labute approximate surface area is 81.3 Å². The van der Waals surface area contributed by atoms with Crippen LogP contribution in [0, 0.1) is 5.92 Å². The lowest BCUT2D eigenvalue weighted by atomic mass is 10.1. The highest BCUT2D eigenvalue weighted by Crippen LogP contribution is 2.26. The van der Waals surface area contributed by atoms with Crippen LogP contribution in [-0.2, 0) is 4.79 Å². The van der Waals surface area contributed by atoms with Crippen molar-refractivity contribution >= 4 is 5.91 Å². The monoisotopic (exact) mass is 183 g/mol. The van der Waals surface area contributed by atoms with Gasteiger partial charge in [0.15, 0.2) is 0 Å². The van der Waals surface area contributed by atoms with Gasteiger partial charge in [-0.25, -0.2) is 0 Å². The van der Waals surface area contributed by atoms with E-state index in [1.54, 1.807) is 0 Å². The molecule has 1 amide bonds. The Morgan fingerprint density at radius 1 is 1.38 bits per heavy atom. The van der Waals surface area contributed by atoms with E-state index in [2.05, 4.69) is 6.92 Å². The van der Waals surface area contributed by atoms with Gasteiger partial charge in [-0.3, -0.25) is 4.79 Å². The van der Waals surface area contributed by atoms with Gasteiger partial charge in [0.1, 0.15) is 0 Å². The molecule has 0 atom stereocenters. The van der Waals surface area contributed by atoms with Crippen LogP contribution in [-0.4, -0.2) is 24.4 Å². The van der Waals surface area contributed by atoms with Gasteiger partial charge in [0, 0.05) is 19.5 Å². The third kappa shape index (κ3) is 3.02. The van der Waals surface area contributed by atoms with Crippen LogP contribution in [0.25, 0.3) is 0 Å². The van der Waals surface area contributed by atoms with E-state index in [1.165, 1.54) is 19.3 Å². The molecule has 0 radical (unpaired) electrons. The third-order valence-corrected chi connectivity index (χ3v) is 2.93. The summed E-state index contributed by atoms with van der Waals surface area (Å²) < 4.78 is 0. The molecule has 2 nitrogen and oxygen atoms in total. The summed E-state index contributed by atoms with van der Waals surface area (Å²) in [5, 5.41) is 0. The van der Waals surface area contributed by atoms with E-state index in [-0.39, 0.29) is 0 Å². The number of hydrogen-bond donors (Lipinski definition) is 0. The fourth-order valence-corrected chi connectivity index (χ4v) is 1.99. The highest BCUT2D eigenvalue weighted by atomic mass is 16.2. The number of carbonyl (C=O) groups is 1. The van der Waals surface area contributed by atoms with Gasteiger partial charge in [-0.1, -0.05) is 26.2 Å². The maximum atomic E-state index is 11.8. The largest absolute Gasteiger partial charge is 0.346 e. The van der Waals surface area contributed by atoms with Gasteiger partial charge in [-0.15, -0.1) is 0 Å². The summed E-state index contributed by atoms with van der Waals surface area (Å²) in [6.07, 6.45) is 7.04. The second kappa shape index (κ2) is 5.25. The maximum absolute atomic E-state index is 11.8. The predicted octanol–water partition coefficient (Wildman–Crippen LogP) is 2.44. The minimum atomic E-state index is 0.349. The fraction of sp³-hybridized carbons (Fsp3) is 0.909. The van der Waals surface area contributed by atoms with Gasteiger partial charge in [0.25, 0.3) is 0 Å². The van der Waals surface area contributed by atoms with E-state index in [1.807, 2.05) is 11.9 Å². The molecule has 76 valence electrons. The summed E-state index contributed by atoms with van der Waals surface area (Å²) in [5.74, 6) is 0.729. The fourth-order valence-electron chi connectivity index (χ4n) is 1.99. The van der Waals surface area contributed by atoms with Crippen LogP contribution in [0.1, 0.15) is 45.4 Å². The second-order valence-corrected chi connectivity index (χ2v) is 4.09. The summed E-state index contributed by atoms with van der Waals surface area (Å²) >= 11 is 0. The molecule has 0 bridgehead atoms. The van der Waals surface area contributed by atoms with Gasteiger partial charge < -0.3 is 4.90 Å². The summed E-state index contributed by atoms with van der Waals surface area (Å²) in [6.45, 7) is 3.10. The molecule has 0 aliphatic heterocycles. The van der Waals surface area contributed by atoms with Crippen molar-refractivity contribution in [3.63, 3.8) is 0 Å². The molecule has 0 aromatic heterocycles. The first-order valence-electron chi connectivity index (χ1n) is 5.50. The Balaban J connectivity index is 2.28. The van der Waals surface area contributed by atoms with Crippen molar-refractivity contribution in [1.29, 1.82) is 0 Å². The van der Waals surface area contributed by atoms with Crippen molar-refractivity contribution in [2.45, 2.75) is 45.4 Å². The molecule has 0 N–H and O–H groups in total. The van der Waals surface area contributed by atoms with E-state index in [0.717, 1.165) is 25.8 Å². The van der Waals surface area contributed by atoms with Crippen LogP contribution in [0.5, 0.6) is 0 Å². The molecule has 0 spiro atoms. The maximum Gasteiger partial charge on any atom is 0.225 e. The number of nitrogens with zero attached hydrogens (tertiary/aromatic N) is 1. The quantitative estimate of drug-likeness (QED) is 0.655. The van der Waals surface area contributed by atoms with E-state index in [9.17, 15) is 4.79 Å². The summed E-state index contributed by atoms with van der Waals surface area (Å²) in [7, 11) is 1.94. The van der Waals surface area contributed by atoms with Crippen LogP contribution in [0.15, 0.2) is 0 Å². The lowest BCUT2D eigenvalue weighted by Gasteiger charge is -2.20. The molecule has 0 aromatic carbocycles. The molecule has 1 aliphatic carbocycles. The zero-order valence-electron chi connectivity index (χ0n) is 8.88. The van der Waals surface area contributed by atoms with Crippen molar-refractivity contribution in [3.8, 4) is 0 Å². The van der Waals surface area contributed by atoms with E-state index in [0.29, 0.717) is 11.8 Å². The number of amides is 1. The average molecular weight is 183 g/mol. The van der Waals surface area contributed by atoms with E-state index >= 15 is 0 Å². The second-order valence-electron chi connectivity index (χ2n) is 4.09. The molecule has 0 unspecified atom stereocenters. The minimum Gasteiger partial charge on any atom is -0.346 e. The topological polar surface area (TPSA) is 20.3 Å². The molecule has 0 heterocycles. The predicted molar refractivity (Wildman–Crippen MR) is 54.5 cm³/mol. The lowest BCUT2D eigenvalue weighted by Crippen LogP contribution is -2.32. The number of hydrogen-bond acceptors (Lipinski definition) is 1. The first-order valence-corrected chi connectivity index (χ1v) is 5.50. The van der Waals surface area contributed by atoms with E-state index < -0.39 is 0 Å². The van der Waals surface area contributed by atoms with Crippen LogP contribution in [0.4, 0.5) is 0 Å². The molecular weight excluding hydrogens is 162 g/mol. The van der Waals surface area contributed by atoms with Crippen LogP contribution < -0.4 is 0 Å². The Hall–Kier alpha value is -0.530. The first kappa shape index (κ1) is 10.6. The normalized spacial score (nSPS) is 17.7. The van der Waals surface area contributed by atoms with Gasteiger partial charge in [-0.05, 0) is 19.3 Å². The van der Waals surface area contributed by atoms with Crippen LogP contribution in [0.2, 0.25) is 0 Å². The highest BCUT2D eigenvalue weighted by molar-refractivity contribution is 5.78. The zero-order chi connectivity index (χ0) is 9.68. The van der Waals surface area contributed by atoms with Crippen LogP contribution in [0.3, 0.4) is 0 Å². The summed E-state index contributed by atoms with van der Waals surface area (Å²) in [6, 6.07) is 0. The summed E-state index contributed by atoms with van der Waals surface area (Å²) in [4.78, 5) is 13.7. The zero-order valence-corrected chi connectivity index (χ0v) is 8.88. The van der Waals surface area contributed by atoms with Crippen molar-refractivity contribution < 1.29 is 4.79 Å².